The molecule has 0 aliphatic carbocycles. The van der Waals surface area contributed by atoms with Gasteiger partial charge in [0.05, 0.1) is 6.61 Å². The maximum absolute atomic E-state index is 5.60. The number of hydrogen-bond acceptors (Lipinski definition) is 3. The van der Waals surface area contributed by atoms with Crippen LogP contribution in [0, 0.1) is 0 Å². The van der Waals surface area contributed by atoms with Crippen LogP contribution in [0.4, 0.5) is 0 Å². The van der Waals surface area contributed by atoms with Crippen LogP contribution in [0.15, 0.2) is 22.7 Å². The second kappa shape index (κ2) is 4.96. The van der Waals surface area contributed by atoms with Crippen LogP contribution in [0.25, 0.3) is 0 Å². The van der Waals surface area contributed by atoms with E-state index in [2.05, 4.69) is 27.3 Å². The molecule has 3 nitrogen and oxygen atoms in total. The Hall–Kier alpha value is -0.580. The van der Waals surface area contributed by atoms with Crippen molar-refractivity contribution in [3.8, 4) is 5.75 Å². The molecule has 1 aliphatic heterocycles. The zero-order chi connectivity index (χ0) is 10.7. The van der Waals surface area contributed by atoms with Crippen molar-refractivity contribution >= 4 is 15.9 Å². The van der Waals surface area contributed by atoms with Crippen molar-refractivity contribution in [2.45, 2.75) is 12.5 Å². The highest BCUT2D eigenvalue weighted by atomic mass is 79.9. The van der Waals surface area contributed by atoms with Gasteiger partial charge in [0.15, 0.2) is 0 Å². The third kappa shape index (κ3) is 2.51. The van der Waals surface area contributed by atoms with Gasteiger partial charge in [-0.2, -0.15) is 0 Å². The molecule has 1 heterocycles. The summed E-state index contributed by atoms with van der Waals surface area (Å²) in [5.41, 5.74) is 6.72. The molecule has 1 aliphatic rings. The van der Waals surface area contributed by atoms with Crippen LogP contribution in [0.1, 0.15) is 18.0 Å². The third-order valence-electron chi connectivity index (χ3n) is 2.55. The van der Waals surface area contributed by atoms with Crippen molar-refractivity contribution in [2.24, 2.45) is 5.73 Å². The third-order valence-corrected chi connectivity index (χ3v) is 3.04. The molecule has 3 N–H and O–H groups in total. The van der Waals surface area contributed by atoms with Gasteiger partial charge in [-0.3, -0.25) is 0 Å². The average molecular weight is 271 g/mol. The van der Waals surface area contributed by atoms with E-state index in [1.165, 1.54) is 5.56 Å². The van der Waals surface area contributed by atoms with Gasteiger partial charge in [0.25, 0.3) is 0 Å². The molecule has 1 unspecified atom stereocenters. The van der Waals surface area contributed by atoms with Crippen LogP contribution >= 0.6 is 15.9 Å². The molecular formula is C11H15BrN2O. The van der Waals surface area contributed by atoms with Crippen molar-refractivity contribution in [3.63, 3.8) is 0 Å². The van der Waals surface area contributed by atoms with Crippen LogP contribution in [0.2, 0.25) is 0 Å². The average Bonchev–Trinajstić information content (AvgIpc) is 2.26. The van der Waals surface area contributed by atoms with E-state index in [1.807, 2.05) is 12.1 Å². The normalized spacial score (nSPS) is 19.5. The highest BCUT2D eigenvalue weighted by molar-refractivity contribution is 9.10. The lowest BCUT2D eigenvalue weighted by Crippen LogP contribution is -2.30. The Morgan fingerprint density at radius 1 is 1.53 bits per heavy atom. The van der Waals surface area contributed by atoms with Gasteiger partial charge in [-0.05, 0) is 18.2 Å². The quantitative estimate of drug-likeness (QED) is 0.881. The molecule has 4 heteroatoms. The van der Waals surface area contributed by atoms with Gasteiger partial charge in [0.1, 0.15) is 5.75 Å². The van der Waals surface area contributed by atoms with E-state index >= 15 is 0 Å². The molecule has 0 saturated heterocycles. The minimum absolute atomic E-state index is 0.370. The van der Waals surface area contributed by atoms with E-state index < -0.39 is 0 Å². The Labute approximate surface area is 98.1 Å². The molecule has 82 valence electrons. The second-order valence-electron chi connectivity index (χ2n) is 3.61. The first-order valence-electron chi connectivity index (χ1n) is 5.17. The van der Waals surface area contributed by atoms with Gasteiger partial charge in [-0.25, -0.2) is 0 Å². The monoisotopic (exact) mass is 270 g/mol. The zero-order valence-electron chi connectivity index (χ0n) is 8.50. The number of nitrogens with two attached hydrogens (primary N) is 1. The molecule has 0 spiro atoms. The van der Waals surface area contributed by atoms with E-state index in [4.69, 9.17) is 10.5 Å². The summed E-state index contributed by atoms with van der Waals surface area (Å²) < 4.78 is 6.69. The van der Waals surface area contributed by atoms with Crippen molar-refractivity contribution < 1.29 is 4.74 Å². The highest BCUT2D eigenvalue weighted by Gasteiger charge is 2.20. The predicted molar refractivity (Wildman–Crippen MR) is 64.1 cm³/mol. The lowest BCUT2D eigenvalue weighted by Gasteiger charge is -2.26. The summed E-state index contributed by atoms with van der Waals surface area (Å²) in [6.07, 6.45) is 1.00. The molecule has 0 amide bonds. The second-order valence-corrected chi connectivity index (χ2v) is 4.53. The minimum Gasteiger partial charge on any atom is -0.493 e. The van der Waals surface area contributed by atoms with E-state index in [0.717, 1.165) is 29.8 Å². The Balaban J connectivity index is 2.20. The molecule has 0 bridgehead atoms. The molecule has 0 aromatic heterocycles. The van der Waals surface area contributed by atoms with Crippen molar-refractivity contribution in [2.75, 3.05) is 19.7 Å². The number of rotatable bonds is 3. The summed E-state index contributed by atoms with van der Waals surface area (Å²) in [5.74, 6) is 0.985. The molecule has 2 rings (SSSR count). The Kier molecular flexibility index (Phi) is 3.61. The Morgan fingerprint density at radius 3 is 3.20 bits per heavy atom. The van der Waals surface area contributed by atoms with Gasteiger partial charge in [0.2, 0.25) is 0 Å². The van der Waals surface area contributed by atoms with Gasteiger partial charge >= 0.3 is 0 Å². The smallest absolute Gasteiger partial charge is 0.124 e. The summed E-state index contributed by atoms with van der Waals surface area (Å²) in [6.45, 7) is 2.29. The van der Waals surface area contributed by atoms with Crippen molar-refractivity contribution in [1.82, 2.24) is 5.32 Å². The van der Waals surface area contributed by atoms with E-state index in [0.29, 0.717) is 12.6 Å². The fraction of sp³-hybridized carbons (Fsp3) is 0.455. The molecule has 15 heavy (non-hydrogen) atoms. The van der Waals surface area contributed by atoms with Gasteiger partial charge in [-0.1, -0.05) is 15.9 Å². The van der Waals surface area contributed by atoms with E-state index in [-0.39, 0.29) is 0 Å². The summed E-state index contributed by atoms with van der Waals surface area (Å²) in [4.78, 5) is 0. The molecule has 0 fully saturated rings. The van der Waals surface area contributed by atoms with Crippen LogP contribution in [0.3, 0.4) is 0 Å². The molecule has 0 saturated carbocycles. The fourth-order valence-corrected chi connectivity index (χ4v) is 2.21. The fourth-order valence-electron chi connectivity index (χ4n) is 1.83. The molecule has 1 atom stereocenters. The highest BCUT2D eigenvalue weighted by Crippen LogP contribution is 2.33. The van der Waals surface area contributed by atoms with Gasteiger partial charge in [0, 0.05) is 35.6 Å². The predicted octanol–water partition coefficient (Wildman–Crippen LogP) is 1.82. The first-order chi connectivity index (χ1) is 7.31. The standard InChI is InChI=1S/C11H15BrN2O/c12-8-1-2-11-9(7-8)10(3-6-15-11)14-5-4-13/h1-2,7,10,14H,3-6,13H2. The first kappa shape index (κ1) is 10.9. The van der Waals surface area contributed by atoms with Crippen LogP contribution in [-0.4, -0.2) is 19.7 Å². The molecule has 0 radical (unpaired) electrons. The first-order valence-corrected chi connectivity index (χ1v) is 5.96. The van der Waals surface area contributed by atoms with E-state index in [9.17, 15) is 0 Å². The Morgan fingerprint density at radius 2 is 2.40 bits per heavy atom. The number of hydrogen-bond donors (Lipinski definition) is 2. The number of benzene rings is 1. The Bertz CT molecular complexity index is 343. The maximum Gasteiger partial charge on any atom is 0.124 e. The number of halogens is 1. The van der Waals surface area contributed by atoms with Gasteiger partial charge < -0.3 is 15.8 Å². The number of fused-ring (bicyclic) bond motifs is 1. The topological polar surface area (TPSA) is 47.3 Å². The summed E-state index contributed by atoms with van der Waals surface area (Å²) >= 11 is 3.48. The zero-order valence-corrected chi connectivity index (χ0v) is 10.1. The molecule has 1 aromatic carbocycles. The molecular weight excluding hydrogens is 256 g/mol. The number of ether oxygens (including phenoxy) is 1. The van der Waals surface area contributed by atoms with Crippen LogP contribution < -0.4 is 15.8 Å². The summed E-state index contributed by atoms with van der Waals surface area (Å²) in [6, 6.07) is 6.50. The largest absolute Gasteiger partial charge is 0.493 e. The number of nitrogens with one attached hydrogen (secondary N) is 1. The van der Waals surface area contributed by atoms with Crippen molar-refractivity contribution in [3.05, 3.63) is 28.2 Å². The minimum atomic E-state index is 0.370. The SMILES string of the molecule is NCCNC1CCOc2ccc(Br)cc21. The summed E-state index contributed by atoms with van der Waals surface area (Å²) in [7, 11) is 0. The van der Waals surface area contributed by atoms with E-state index in [1.54, 1.807) is 0 Å². The van der Waals surface area contributed by atoms with Crippen LogP contribution in [0.5, 0.6) is 5.75 Å². The van der Waals surface area contributed by atoms with Gasteiger partial charge in [-0.15, -0.1) is 0 Å². The summed E-state index contributed by atoms with van der Waals surface area (Å²) in [5, 5.41) is 3.43. The molecule has 1 aromatic rings. The maximum atomic E-state index is 5.60. The lowest BCUT2D eigenvalue weighted by molar-refractivity contribution is 0.253. The lowest BCUT2D eigenvalue weighted by atomic mass is 10.0. The van der Waals surface area contributed by atoms with Crippen molar-refractivity contribution in [1.29, 1.82) is 0 Å². The van der Waals surface area contributed by atoms with Crippen LogP contribution in [-0.2, 0) is 0 Å².